The van der Waals surface area contributed by atoms with Crippen molar-refractivity contribution in [2.24, 2.45) is 4.99 Å². The Hall–Kier alpha value is -2.84. The standard InChI is InChI=1S/C19H29N7O2/c1-19(2,3)28-18(27)25-14-7-5-6-13(10-14)24-15-11-17(21-12-16(15)20-4)26-22-8-9-23-26/h8-9,11-14,17,21,24H,4-7,10H2,1-3H3,(H,25,27). The van der Waals surface area contributed by atoms with Crippen LogP contribution in [0.2, 0.25) is 0 Å². The van der Waals surface area contributed by atoms with Crippen molar-refractivity contribution in [1.29, 1.82) is 0 Å². The van der Waals surface area contributed by atoms with Crippen molar-refractivity contribution in [2.45, 2.75) is 70.3 Å². The van der Waals surface area contributed by atoms with Crippen LogP contribution in [-0.2, 0) is 4.74 Å². The second-order valence-electron chi connectivity index (χ2n) is 8.08. The van der Waals surface area contributed by atoms with Crippen molar-refractivity contribution in [1.82, 2.24) is 30.9 Å². The van der Waals surface area contributed by atoms with E-state index in [1.807, 2.05) is 33.0 Å². The molecule has 3 rings (SSSR count). The Kier molecular flexibility index (Phi) is 6.01. The van der Waals surface area contributed by atoms with Gasteiger partial charge in [0.05, 0.1) is 18.1 Å². The predicted octanol–water partition coefficient (Wildman–Crippen LogP) is 2.23. The van der Waals surface area contributed by atoms with Crippen LogP contribution in [0.3, 0.4) is 0 Å². The number of dihydropyridines is 1. The highest BCUT2D eigenvalue weighted by molar-refractivity contribution is 5.68. The lowest BCUT2D eigenvalue weighted by Gasteiger charge is -2.33. The lowest BCUT2D eigenvalue weighted by molar-refractivity contribution is 0.0489. The third-order valence-corrected chi connectivity index (χ3v) is 4.60. The number of ether oxygens (including phenoxy) is 1. The summed E-state index contributed by atoms with van der Waals surface area (Å²) in [7, 11) is 0. The van der Waals surface area contributed by atoms with Crippen molar-refractivity contribution >= 4 is 12.8 Å². The molecule has 1 saturated carbocycles. The molecule has 1 aromatic rings. The van der Waals surface area contributed by atoms with Gasteiger partial charge in [-0.15, -0.1) is 0 Å². The molecule has 0 spiro atoms. The van der Waals surface area contributed by atoms with Gasteiger partial charge in [0, 0.05) is 18.3 Å². The molecule has 1 fully saturated rings. The van der Waals surface area contributed by atoms with Crippen LogP contribution in [-0.4, -0.2) is 45.5 Å². The highest BCUT2D eigenvalue weighted by atomic mass is 16.6. The van der Waals surface area contributed by atoms with Gasteiger partial charge in [0.15, 0.2) is 6.17 Å². The van der Waals surface area contributed by atoms with E-state index in [0.717, 1.165) is 37.1 Å². The van der Waals surface area contributed by atoms with E-state index >= 15 is 0 Å². The Balaban J connectivity index is 1.62. The summed E-state index contributed by atoms with van der Waals surface area (Å²) in [4.78, 5) is 17.8. The fourth-order valence-corrected chi connectivity index (χ4v) is 3.44. The van der Waals surface area contributed by atoms with Gasteiger partial charge in [-0.1, -0.05) is 0 Å². The molecular formula is C19H29N7O2. The maximum atomic E-state index is 12.1. The second kappa shape index (κ2) is 8.45. The summed E-state index contributed by atoms with van der Waals surface area (Å²) in [6, 6.07) is 0.297. The molecule has 0 aromatic carbocycles. The first-order valence-corrected chi connectivity index (χ1v) is 9.61. The van der Waals surface area contributed by atoms with E-state index in [-0.39, 0.29) is 24.3 Å². The minimum atomic E-state index is -0.499. The molecule has 9 nitrogen and oxygen atoms in total. The molecule has 1 amide bonds. The van der Waals surface area contributed by atoms with Gasteiger partial charge in [-0.3, -0.25) is 4.99 Å². The maximum absolute atomic E-state index is 12.1. The molecule has 3 N–H and O–H groups in total. The van der Waals surface area contributed by atoms with Crippen LogP contribution in [0, 0.1) is 0 Å². The average Bonchev–Trinajstić information content (AvgIpc) is 3.15. The van der Waals surface area contributed by atoms with Crippen molar-refractivity contribution in [2.75, 3.05) is 0 Å². The Labute approximate surface area is 165 Å². The number of aromatic nitrogens is 3. The molecule has 9 heteroatoms. The number of carbonyl (C=O) groups is 1. The highest BCUT2D eigenvalue weighted by Gasteiger charge is 2.27. The first-order chi connectivity index (χ1) is 13.3. The number of hydrogen-bond donors (Lipinski definition) is 3. The van der Waals surface area contributed by atoms with Crippen molar-refractivity contribution in [3.63, 3.8) is 0 Å². The van der Waals surface area contributed by atoms with Gasteiger partial charge in [-0.05, 0) is 59.2 Å². The van der Waals surface area contributed by atoms with Gasteiger partial charge in [0.25, 0.3) is 0 Å². The second-order valence-corrected chi connectivity index (χ2v) is 8.08. The van der Waals surface area contributed by atoms with E-state index in [4.69, 9.17) is 4.74 Å². The molecule has 0 bridgehead atoms. The summed E-state index contributed by atoms with van der Waals surface area (Å²) in [5.41, 5.74) is 1.13. The summed E-state index contributed by atoms with van der Waals surface area (Å²) in [6.45, 7) is 9.24. The number of nitrogens with one attached hydrogen (secondary N) is 3. The zero-order valence-electron chi connectivity index (χ0n) is 16.7. The minimum Gasteiger partial charge on any atom is -0.444 e. The third kappa shape index (κ3) is 5.34. The summed E-state index contributed by atoms with van der Waals surface area (Å²) in [6.07, 6.45) is 10.3. The lowest BCUT2D eigenvalue weighted by Crippen LogP contribution is -2.46. The summed E-state index contributed by atoms with van der Waals surface area (Å²) < 4.78 is 5.38. The molecule has 3 atom stereocenters. The summed E-state index contributed by atoms with van der Waals surface area (Å²) >= 11 is 0. The number of hydrogen-bond acceptors (Lipinski definition) is 7. The molecule has 2 heterocycles. The first-order valence-electron chi connectivity index (χ1n) is 9.61. The van der Waals surface area contributed by atoms with E-state index in [0.29, 0.717) is 0 Å². The molecular weight excluding hydrogens is 358 g/mol. The number of amides is 1. The van der Waals surface area contributed by atoms with Crippen LogP contribution in [0.4, 0.5) is 4.79 Å². The van der Waals surface area contributed by atoms with Crippen molar-refractivity contribution in [3.05, 3.63) is 36.1 Å². The average molecular weight is 387 g/mol. The monoisotopic (exact) mass is 387 g/mol. The van der Waals surface area contributed by atoms with Crippen molar-refractivity contribution in [3.8, 4) is 0 Å². The predicted molar refractivity (Wildman–Crippen MR) is 106 cm³/mol. The Morgan fingerprint density at radius 2 is 2.04 bits per heavy atom. The van der Waals surface area contributed by atoms with E-state index in [9.17, 15) is 4.79 Å². The minimum absolute atomic E-state index is 0.0797. The Morgan fingerprint density at radius 1 is 1.32 bits per heavy atom. The van der Waals surface area contributed by atoms with E-state index < -0.39 is 5.60 Å². The molecule has 152 valence electrons. The maximum Gasteiger partial charge on any atom is 0.407 e. The topological polar surface area (TPSA) is 105 Å². The van der Waals surface area contributed by atoms with Crippen LogP contribution < -0.4 is 16.0 Å². The fraction of sp³-hybridized carbons (Fsp3) is 0.579. The van der Waals surface area contributed by atoms with Gasteiger partial charge in [0.1, 0.15) is 11.3 Å². The normalized spacial score (nSPS) is 25.0. The lowest BCUT2D eigenvalue weighted by atomic mass is 9.90. The van der Waals surface area contributed by atoms with E-state index in [1.54, 1.807) is 17.2 Å². The molecule has 0 saturated heterocycles. The number of alkyl carbamates (subject to hydrolysis) is 1. The first kappa shape index (κ1) is 19.9. The fourth-order valence-electron chi connectivity index (χ4n) is 3.44. The number of carbonyl (C=O) groups excluding carboxylic acids is 1. The van der Waals surface area contributed by atoms with Gasteiger partial charge in [-0.2, -0.15) is 15.0 Å². The van der Waals surface area contributed by atoms with E-state index in [1.165, 1.54) is 0 Å². The van der Waals surface area contributed by atoms with Crippen LogP contribution in [0.15, 0.2) is 41.1 Å². The largest absolute Gasteiger partial charge is 0.444 e. The smallest absolute Gasteiger partial charge is 0.407 e. The SMILES string of the molecule is C=NC1=CNC(n2nccn2)C=C1NC1CCCC(NC(=O)OC(C)(C)C)C1. The quantitative estimate of drug-likeness (QED) is 0.669. The van der Waals surface area contributed by atoms with Crippen LogP contribution in [0.1, 0.15) is 52.6 Å². The molecule has 28 heavy (non-hydrogen) atoms. The van der Waals surface area contributed by atoms with Gasteiger partial charge in [0.2, 0.25) is 0 Å². The third-order valence-electron chi connectivity index (χ3n) is 4.60. The van der Waals surface area contributed by atoms with Crippen LogP contribution in [0.25, 0.3) is 0 Å². The number of nitrogens with zero attached hydrogens (tertiary/aromatic N) is 4. The van der Waals surface area contributed by atoms with Crippen LogP contribution in [0.5, 0.6) is 0 Å². The number of aliphatic imine (C=N–C) groups is 1. The van der Waals surface area contributed by atoms with Gasteiger partial charge in [-0.25, -0.2) is 4.79 Å². The van der Waals surface area contributed by atoms with E-state index in [2.05, 4.69) is 37.9 Å². The zero-order chi connectivity index (χ0) is 20.1. The van der Waals surface area contributed by atoms with Gasteiger partial charge >= 0.3 is 6.09 Å². The Bertz CT molecular complexity index is 749. The molecule has 1 aliphatic heterocycles. The van der Waals surface area contributed by atoms with Gasteiger partial charge < -0.3 is 20.7 Å². The Morgan fingerprint density at radius 3 is 2.71 bits per heavy atom. The molecule has 3 unspecified atom stereocenters. The van der Waals surface area contributed by atoms with Crippen molar-refractivity contribution < 1.29 is 9.53 Å². The molecule has 2 aliphatic rings. The molecule has 1 aromatic heterocycles. The summed E-state index contributed by atoms with van der Waals surface area (Å²) in [5.74, 6) is 0. The number of rotatable bonds is 5. The molecule has 0 radical (unpaired) electrons. The van der Waals surface area contributed by atoms with Crippen LogP contribution >= 0.6 is 0 Å². The summed E-state index contributed by atoms with van der Waals surface area (Å²) in [5, 5.41) is 18.1. The molecule has 1 aliphatic carbocycles. The zero-order valence-corrected chi connectivity index (χ0v) is 16.7. The highest BCUT2D eigenvalue weighted by Crippen LogP contribution is 2.24.